The highest BCUT2D eigenvalue weighted by atomic mass is 127. The van der Waals surface area contributed by atoms with Gasteiger partial charge < -0.3 is 9.72 Å². The number of aromatic nitrogens is 1. The predicted octanol–water partition coefficient (Wildman–Crippen LogP) is 3.13. The van der Waals surface area contributed by atoms with E-state index in [1.165, 1.54) is 7.11 Å². The molecule has 0 amide bonds. The first-order valence-corrected chi connectivity index (χ1v) is 6.19. The molecule has 0 fully saturated rings. The van der Waals surface area contributed by atoms with Crippen molar-refractivity contribution in [2.24, 2.45) is 0 Å². The Bertz CT molecular complexity index is 476. The van der Waals surface area contributed by atoms with Crippen LogP contribution in [0.1, 0.15) is 10.5 Å². The van der Waals surface area contributed by atoms with Gasteiger partial charge in [0.2, 0.25) is 0 Å². The second-order valence-corrected chi connectivity index (χ2v) is 4.98. The van der Waals surface area contributed by atoms with Crippen molar-refractivity contribution in [1.29, 1.82) is 0 Å². The molecule has 0 atom stereocenters. The summed E-state index contributed by atoms with van der Waals surface area (Å²) in [5.41, 5.74) is 1.47. The number of carbonyl (C=O) groups excluding carboxylic acids is 1. The van der Waals surface area contributed by atoms with Crippen molar-refractivity contribution in [3.63, 3.8) is 0 Å². The number of carbonyl (C=O) groups is 1. The van der Waals surface area contributed by atoms with Crippen LogP contribution in [0.2, 0.25) is 0 Å². The molecule has 0 aliphatic carbocycles. The third-order valence-corrected chi connectivity index (χ3v) is 3.68. The number of esters is 1. The number of nitrogens with one attached hydrogen (secondary N) is 1. The molecule has 0 aliphatic rings. The second kappa shape index (κ2) is 4.36. The van der Waals surface area contributed by atoms with Gasteiger partial charge in [0, 0.05) is 3.57 Å². The number of thiophene rings is 1. The van der Waals surface area contributed by atoms with Gasteiger partial charge in [0.25, 0.3) is 0 Å². The van der Waals surface area contributed by atoms with Crippen molar-refractivity contribution in [3.8, 4) is 10.6 Å². The molecule has 2 aromatic rings. The van der Waals surface area contributed by atoms with E-state index in [0.717, 1.165) is 14.1 Å². The molecule has 2 heterocycles. The van der Waals surface area contributed by atoms with Crippen LogP contribution in [0.4, 0.5) is 0 Å². The van der Waals surface area contributed by atoms with Crippen molar-refractivity contribution >= 4 is 39.9 Å². The fraction of sp³-hybridized carbons (Fsp3) is 0.100. The van der Waals surface area contributed by atoms with Gasteiger partial charge >= 0.3 is 5.97 Å². The first-order valence-electron chi connectivity index (χ1n) is 4.23. The number of hydrogen-bond donors (Lipinski definition) is 1. The lowest BCUT2D eigenvalue weighted by Gasteiger charge is -1.94. The van der Waals surface area contributed by atoms with Crippen LogP contribution in [-0.4, -0.2) is 18.1 Å². The standard InChI is InChI=1S/C10H8INO2S/c1-14-10(13)7-5-6(11)9(12-7)8-3-2-4-15-8/h2-5,12H,1H3. The van der Waals surface area contributed by atoms with Gasteiger partial charge in [-0.2, -0.15) is 0 Å². The van der Waals surface area contributed by atoms with Gasteiger partial charge in [-0.3, -0.25) is 0 Å². The number of rotatable bonds is 2. The fourth-order valence-corrected chi connectivity index (χ4v) is 2.91. The molecule has 5 heteroatoms. The number of methoxy groups -OCH3 is 1. The van der Waals surface area contributed by atoms with E-state index in [-0.39, 0.29) is 5.97 Å². The van der Waals surface area contributed by atoms with E-state index in [1.807, 2.05) is 17.5 Å². The Morgan fingerprint density at radius 2 is 2.40 bits per heavy atom. The summed E-state index contributed by atoms with van der Waals surface area (Å²) in [5, 5.41) is 2.00. The molecule has 0 spiro atoms. The molecule has 0 saturated carbocycles. The second-order valence-electron chi connectivity index (χ2n) is 2.87. The minimum atomic E-state index is -0.337. The number of halogens is 1. The van der Waals surface area contributed by atoms with Gasteiger partial charge in [0.05, 0.1) is 17.7 Å². The van der Waals surface area contributed by atoms with Gasteiger partial charge in [0.1, 0.15) is 5.69 Å². The summed E-state index contributed by atoms with van der Waals surface area (Å²) in [7, 11) is 1.38. The van der Waals surface area contributed by atoms with E-state index in [0.29, 0.717) is 5.69 Å². The maximum atomic E-state index is 11.3. The molecule has 2 rings (SSSR count). The van der Waals surface area contributed by atoms with Crippen LogP contribution in [0.15, 0.2) is 23.6 Å². The number of aromatic amines is 1. The third kappa shape index (κ3) is 2.07. The molecule has 0 radical (unpaired) electrons. The molecular weight excluding hydrogens is 325 g/mol. The average Bonchev–Trinajstić information content (AvgIpc) is 2.84. The first kappa shape index (κ1) is 10.7. The Morgan fingerprint density at radius 3 is 3.00 bits per heavy atom. The summed E-state index contributed by atoms with van der Waals surface area (Å²) in [4.78, 5) is 15.5. The lowest BCUT2D eigenvalue weighted by atomic mass is 10.3. The Labute approximate surface area is 105 Å². The molecule has 0 aliphatic heterocycles. The zero-order valence-corrected chi connectivity index (χ0v) is 10.9. The summed E-state index contributed by atoms with van der Waals surface area (Å²) in [6.07, 6.45) is 0. The summed E-state index contributed by atoms with van der Waals surface area (Å²) in [6, 6.07) is 5.79. The Hall–Kier alpha value is -0.820. The monoisotopic (exact) mass is 333 g/mol. The summed E-state index contributed by atoms with van der Waals surface area (Å²) >= 11 is 3.83. The van der Waals surface area contributed by atoms with Gasteiger partial charge in [-0.05, 0) is 40.1 Å². The molecular formula is C10H8INO2S. The smallest absolute Gasteiger partial charge is 0.354 e. The minimum absolute atomic E-state index is 0.337. The molecule has 0 aromatic carbocycles. The maximum Gasteiger partial charge on any atom is 0.354 e. The lowest BCUT2D eigenvalue weighted by molar-refractivity contribution is 0.0595. The van der Waals surface area contributed by atoms with Crippen LogP contribution in [0, 0.1) is 3.57 Å². The summed E-state index contributed by atoms with van der Waals surface area (Å²) < 4.78 is 5.68. The Kier molecular flexibility index (Phi) is 3.11. The van der Waals surface area contributed by atoms with Crippen LogP contribution >= 0.6 is 33.9 Å². The van der Waals surface area contributed by atoms with E-state index in [9.17, 15) is 4.79 Å². The van der Waals surface area contributed by atoms with Crippen LogP contribution in [0.3, 0.4) is 0 Å². The summed E-state index contributed by atoms with van der Waals surface area (Å²) in [6.45, 7) is 0. The molecule has 0 unspecified atom stereocenters. The van der Waals surface area contributed by atoms with Crippen LogP contribution in [0.5, 0.6) is 0 Å². The average molecular weight is 333 g/mol. The van der Waals surface area contributed by atoms with Crippen molar-refractivity contribution < 1.29 is 9.53 Å². The quantitative estimate of drug-likeness (QED) is 0.678. The van der Waals surface area contributed by atoms with Gasteiger partial charge in [-0.15, -0.1) is 11.3 Å². The van der Waals surface area contributed by atoms with E-state index in [4.69, 9.17) is 0 Å². The molecule has 0 saturated heterocycles. The van der Waals surface area contributed by atoms with Crippen molar-refractivity contribution in [2.45, 2.75) is 0 Å². The zero-order valence-electron chi connectivity index (χ0n) is 7.91. The van der Waals surface area contributed by atoms with Crippen LogP contribution < -0.4 is 0 Å². The van der Waals surface area contributed by atoms with Gasteiger partial charge in [-0.1, -0.05) is 6.07 Å². The van der Waals surface area contributed by atoms with E-state index < -0.39 is 0 Å². The van der Waals surface area contributed by atoms with Gasteiger partial charge in [0.15, 0.2) is 0 Å². The topological polar surface area (TPSA) is 42.1 Å². The number of ether oxygens (including phenoxy) is 1. The van der Waals surface area contributed by atoms with E-state index >= 15 is 0 Å². The van der Waals surface area contributed by atoms with Crippen molar-refractivity contribution in [3.05, 3.63) is 32.8 Å². The zero-order chi connectivity index (χ0) is 10.8. The highest BCUT2D eigenvalue weighted by Crippen LogP contribution is 2.29. The highest BCUT2D eigenvalue weighted by Gasteiger charge is 2.13. The number of hydrogen-bond acceptors (Lipinski definition) is 3. The molecule has 2 aromatic heterocycles. The minimum Gasteiger partial charge on any atom is -0.464 e. The van der Waals surface area contributed by atoms with E-state index in [1.54, 1.807) is 17.4 Å². The van der Waals surface area contributed by atoms with Crippen molar-refractivity contribution in [1.82, 2.24) is 4.98 Å². The van der Waals surface area contributed by atoms with Crippen molar-refractivity contribution in [2.75, 3.05) is 7.11 Å². The van der Waals surface area contributed by atoms with E-state index in [2.05, 4.69) is 32.3 Å². The van der Waals surface area contributed by atoms with Crippen LogP contribution in [0.25, 0.3) is 10.6 Å². The van der Waals surface area contributed by atoms with Gasteiger partial charge in [-0.25, -0.2) is 4.79 Å². The molecule has 15 heavy (non-hydrogen) atoms. The largest absolute Gasteiger partial charge is 0.464 e. The molecule has 1 N–H and O–H groups in total. The summed E-state index contributed by atoms with van der Waals surface area (Å²) in [5.74, 6) is -0.337. The molecule has 3 nitrogen and oxygen atoms in total. The lowest BCUT2D eigenvalue weighted by Crippen LogP contribution is -2.00. The number of H-pyrrole nitrogens is 1. The fourth-order valence-electron chi connectivity index (χ4n) is 1.25. The van der Waals surface area contributed by atoms with Crippen LogP contribution in [-0.2, 0) is 4.74 Å². The Morgan fingerprint density at radius 1 is 1.60 bits per heavy atom. The first-order chi connectivity index (χ1) is 7.22. The molecule has 78 valence electrons. The predicted molar refractivity (Wildman–Crippen MR) is 68.2 cm³/mol. The maximum absolute atomic E-state index is 11.3. The molecule has 0 bridgehead atoms. The Balaban J connectivity index is 2.42. The highest BCUT2D eigenvalue weighted by molar-refractivity contribution is 14.1. The third-order valence-electron chi connectivity index (χ3n) is 1.94. The SMILES string of the molecule is COC(=O)c1cc(I)c(-c2cccs2)[nH]1. The normalized spacial score (nSPS) is 10.3.